The van der Waals surface area contributed by atoms with Crippen LogP contribution in [0.25, 0.3) is 0 Å². The van der Waals surface area contributed by atoms with Crippen LogP contribution in [-0.2, 0) is 0 Å². The summed E-state index contributed by atoms with van der Waals surface area (Å²) in [5, 5.41) is 8.86. The highest BCUT2D eigenvalue weighted by Gasteiger charge is 2.34. The molecular formula is C29H24FN5O2. The van der Waals surface area contributed by atoms with E-state index in [1.165, 1.54) is 12.3 Å². The van der Waals surface area contributed by atoms with E-state index in [0.29, 0.717) is 28.2 Å². The van der Waals surface area contributed by atoms with E-state index in [4.69, 9.17) is 4.99 Å². The Bertz CT molecular complexity index is 1490. The predicted octanol–water partition coefficient (Wildman–Crippen LogP) is 5.19. The molecule has 2 unspecified atom stereocenters. The van der Waals surface area contributed by atoms with Crippen LogP contribution in [-0.4, -0.2) is 34.7 Å². The Balaban J connectivity index is 1.59. The second-order valence-electron chi connectivity index (χ2n) is 8.64. The van der Waals surface area contributed by atoms with E-state index in [2.05, 4.69) is 20.9 Å². The molecule has 0 radical (unpaired) electrons. The molecule has 7 nitrogen and oxygen atoms in total. The number of benzodiazepines with no additional fused rings is 1. The maximum atomic E-state index is 15.0. The van der Waals surface area contributed by atoms with Crippen molar-refractivity contribution in [2.75, 3.05) is 10.6 Å². The fourth-order valence-electron chi connectivity index (χ4n) is 4.25. The molecule has 0 saturated carbocycles. The first kappa shape index (κ1) is 23.9. The first-order valence-electron chi connectivity index (χ1n) is 11.8. The zero-order chi connectivity index (χ0) is 25.8. The molecule has 4 aromatic rings. The number of urea groups is 1. The van der Waals surface area contributed by atoms with Gasteiger partial charge in [0, 0.05) is 40.5 Å². The molecule has 5 rings (SSSR count). The van der Waals surface area contributed by atoms with Crippen molar-refractivity contribution in [1.82, 2.24) is 10.3 Å². The first-order valence-corrected chi connectivity index (χ1v) is 11.8. The van der Waals surface area contributed by atoms with Crippen LogP contribution in [0, 0.1) is 12.7 Å². The van der Waals surface area contributed by atoms with Crippen molar-refractivity contribution in [3.8, 4) is 0 Å². The van der Waals surface area contributed by atoms with Crippen LogP contribution < -0.4 is 16.0 Å². The van der Waals surface area contributed by atoms with Gasteiger partial charge in [0.15, 0.2) is 11.9 Å². The molecular weight excluding hydrogens is 469 g/mol. The van der Waals surface area contributed by atoms with Crippen molar-refractivity contribution in [3.63, 3.8) is 0 Å². The molecule has 8 heteroatoms. The van der Waals surface area contributed by atoms with Crippen molar-refractivity contribution >= 4 is 28.9 Å². The van der Waals surface area contributed by atoms with Crippen LogP contribution >= 0.6 is 0 Å². The van der Waals surface area contributed by atoms with Gasteiger partial charge in [-0.25, -0.2) is 9.18 Å². The zero-order valence-corrected chi connectivity index (χ0v) is 20.0. The van der Waals surface area contributed by atoms with Gasteiger partial charge in [0.1, 0.15) is 11.9 Å². The molecule has 0 fully saturated rings. The third kappa shape index (κ3) is 5.23. The van der Waals surface area contributed by atoms with E-state index in [1.54, 1.807) is 54.7 Å². The fraction of sp³-hybridized carbons (Fsp3) is 0.103. The minimum atomic E-state index is -1.07. The highest BCUT2D eigenvalue weighted by Crippen LogP contribution is 2.27. The fourth-order valence-corrected chi connectivity index (χ4v) is 4.25. The van der Waals surface area contributed by atoms with Gasteiger partial charge in [-0.15, -0.1) is 0 Å². The van der Waals surface area contributed by atoms with E-state index in [-0.39, 0.29) is 11.3 Å². The summed E-state index contributed by atoms with van der Waals surface area (Å²) in [5.41, 5.74) is 3.72. The molecule has 1 aromatic heterocycles. The average molecular weight is 494 g/mol. The number of Topliss-reactive ketones (excluding diaryl/α,β-unsaturated/α-hetero) is 1. The Kier molecular flexibility index (Phi) is 6.72. The number of benzene rings is 3. The smallest absolute Gasteiger partial charge is 0.320 e. The maximum absolute atomic E-state index is 15.0. The Morgan fingerprint density at radius 2 is 1.70 bits per heavy atom. The van der Waals surface area contributed by atoms with Crippen molar-refractivity contribution < 1.29 is 14.0 Å². The summed E-state index contributed by atoms with van der Waals surface area (Å²) < 4.78 is 15.0. The third-order valence-electron chi connectivity index (χ3n) is 5.99. The van der Waals surface area contributed by atoms with E-state index in [9.17, 15) is 14.0 Å². The maximum Gasteiger partial charge on any atom is 0.320 e. The Labute approximate surface area is 213 Å². The molecule has 3 N–H and O–H groups in total. The minimum absolute atomic E-state index is 0.261. The van der Waals surface area contributed by atoms with E-state index in [0.717, 1.165) is 5.56 Å². The number of pyridine rings is 1. The highest BCUT2D eigenvalue weighted by atomic mass is 19.1. The molecule has 3 aromatic carbocycles. The highest BCUT2D eigenvalue weighted by molar-refractivity contribution is 6.17. The van der Waals surface area contributed by atoms with Gasteiger partial charge in [-0.1, -0.05) is 42.5 Å². The second kappa shape index (κ2) is 10.4. The molecule has 184 valence electrons. The molecule has 0 aliphatic carbocycles. The number of halogens is 1. The van der Waals surface area contributed by atoms with Crippen molar-refractivity contribution in [1.29, 1.82) is 0 Å². The van der Waals surface area contributed by atoms with Crippen LogP contribution in [0.2, 0.25) is 0 Å². The van der Waals surface area contributed by atoms with Gasteiger partial charge in [0.05, 0.1) is 5.71 Å². The van der Waals surface area contributed by atoms with Gasteiger partial charge in [0.2, 0.25) is 0 Å². The number of nitrogens with one attached hydrogen (secondary N) is 3. The lowest BCUT2D eigenvalue weighted by Crippen LogP contribution is -2.50. The SMILES string of the molecule is Cc1cccc(NC(=O)NC2N=C(c3ccccc3F)c3ccccc3NC2C(=O)c2cccnc2)c1. The Hall–Kier alpha value is -4.85. The van der Waals surface area contributed by atoms with Gasteiger partial charge in [-0.3, -0.25) is 14.8 Å². The third-order valence-corrected chi connectivity index (χ3v) is 5.99. The average Bonchev–Trinajstić information content (AvgIpc) is 3.06. The molecule has 2 amide bonds. The van der Waals surface area contributed by atoms with Gasteiger partial charge >= 0.3 is 6.03 Å². The van der Waals surface area contributed by atoms with E-state index in [1.807, 2.05) is 37.3 Å². The van der Waals surface area contributed by atoms with E-state index < -0.39 is 24.1 Å². The van der Waals surface area contributed by atoms with Gasteiger partial charge < -0.3 is 16.0 Å². The summed E-state index contributed by atoms with van der Waals surface area (Å²) in [6.07, 6.45) is 1.97. The van der Waals surface area contributed by atoms with Crippen LogP contribution in [0.3, 0.4) is 0 Å². The number of fused-ring (bicyclic) bond motifs is 1. The molecule has 2 atom stereocenters. The molecule has 1 aliphatic heterocycles. The second-order valence-corrected chi connectivity index (χ2v) is 8.64. The number of rotatable bonds is 5. The quantitative estimate of drug-likeness (QED) is 0.334. The van der Waals surface area contributed by atoms with Crippen molar-refractivity contribution in [3.05, 3.63) is 125 Å². The number of aliphatic imine (C=N–C) groups is 1. The molecule has 1 aliphatic rings. The standard InChI is InChI=1S/C29H24FN5O2/c1-18-8-6-10-20(16-18)32-29(37)35-28-26(27(36)19-9-7-15-31-17-19)33-24-14-5-3-12-22(24)25(34-28)21-11-2-4-13-23(21)30/h2-17,26,28,33H,1H3,(H2,32,35,37). The van der Waals surface area contributed by atoms with Crippen molar-refractivity contribution in [2.24, 2.45) is 4.99 Å². The topological polar surface area (TPSA) is 95.5 Å². The number of anilines is 2. The Morgan fingerprint density at radius 3 is 2.46 bits per heavy atom. The van der Waals surface area contributed by atoms with Gasteiger partial charge in [-0.05, 0) is 55.0 Å². The van der Waals surface area contributed by atoms with Gasteiger partial charge in [0.25, 0.3) is 0 Å². The van der Waals surface area contributed by atoms with Crippen LogP contribution in [0.1, 0.15) is 27.0 Å². The summed E-state index contributed by atoms with van der Waals surface area (Å²) in [6.45, 7) is 1.92. The number of amides is 2. The first-order chi connectivity index (χ1) is 18.0. The summed E-state index contributed by atoms with van der Waals surface area (Å²) in [6, 6.07) is 22.6. The summed E-state index contributed by atoms with van der Waals surface area (Å²) in [5.74, 6) is -0.779. The number of aryl methyl sites for hydroxylation is 1. The summed E-state index contributed by atoms with van der Waals surface area (Å²) in [4.78, 5) is 35.6. The summed E-state index contributed by atoms with van der Waals surface area (Å²) in [7, 11) is 0. The van der Waals surface area contributed by atoms with Crippen LogP contribution in [0.5, 0.6) is 0 Å². The van der Waals surface area contributed by atoms with Crippen LogP contribution in [0.4, 0.5) is 20.6 Å². The summed E-state index contributed by atoms with van der Waals surface area (Å²) >= 11 is 0. The lowest BCUT2D eigenvalue weighted by atomic mass is 10.00. The number of carbonyl (C=O) groups excluding carboxylic acids is 2. The normalized spacial score (nSPS) is 16.4. The molecule has 0 spiro atoms. The number of hydrogen-bond acceptors (Lipinski definition) is 5. The minimum Gasteiger partial charge on any atom is -0.371 e. The predicted molar refractivity (Wildman–Crippen MR) is 142 cm³/mol. The van der Waals surface area contributed by atoms with Crippen molar-refractivity contribution in [2.45, 2.75) is 19.1 Å². The number of nitrogens with zero attached hydrogens (tertiary/aromatic N) is 2. The number of para-hydroxylation sites is 1. The number of carbonyl (C=O) groups is 2. The Morgan fingerprint density at radius 1 is 0.919 bits per heavy atom. The van der Waals surface area contributed by atoms with Gasteiger partial charge in [-0.2, -0.15) is 0 Å². The van der Waals surface area contributed by atoms with E-state index >= 15 is 0 Å². The molecule has 2 heterocycles. The lowest BCUT2D eigenvalue weighted by molar-refractivity contribution is 0.0956. The number of ketones is 1. The number of aromatic nitrogens is 1. The van der Waals surface area contributed by atoms with Crippen LogP contribution in [0.15, 0.2) is 102 Å². The zero-order valence-electron chi connectivity index (χ0n) is 20.0. The lowest BCUT2D eigenvalue weighted by Gasteiger charge is -2.24. The molecule has 37 heavy (non-hydrogen) atoms. The monoisotopic (exact) mass is 493 g/mol. The molecule has 0 saturated heterocycles. The number of hydrogen-bond donors (Lipinski definition) is 3. The molecule has 0 bridgehead atoms. The largest absolute Gasteiger partial charge is 0.371 e.